The van der Waals surface area contributed by atoms with Gasteiger partial charge in [-0.1, -0.05) is 13.8 Å². The first kappa shape index (κ1) is 10.7. The highest BCUT2D eigenvalue weighted by Gasteiger charge is 2.09. The summed E-state index contributed by atoms with van der Waals surface area (Å²) in [5.41, 5.74) is 1.20. The fourth-order valence-electron chi connectivity index (χ4n) is 1.28. The molecular weight excluding hydrogens is 178 g/mol. The summed E-state index contributed by atoms with van der Waals surface area (Å²) in [7, 11) is 0. The molecule has 1 heterocycles. The molecule has 0 aliphatic rings. The van der Waals surface area contributed by atoms with Crippen molar-refractivity contribution in [2.24, 2.45) is 5.92 Å². The van der Waals surface area contributed by atoms with Crippen LogP contribution in [0.4, 0.5) is 0 Å². The fourth-order valence-corrected chi connectivity index (χ4v) is 1.28. The van der Waals surface area contributed by atoms with Crippen LogP contribution in [0.25, 0.3) is 0 Å². The first-order valence-corrected chi connectivity index (χ1v) is 4.77. The van der Waals surface area contributed by atoms with Gasteiger partial charge >= 0.3 is 5.97 Å². The summed E-state index contributed by atoms with van der Waals surface area (Å²) in [4.78, 5) is 14.6. The van der Waals surface area contributed by atoms with E-state index >= 15 is 0 Å². The highest BCUT2D eigenvalue weighted by molar-refractivity contribution is 5.88. The van der Waals surface area contributed by atoms with Gasteiger partial charge in [-0.3, -0.25) is 4.98 Å². The summed E-state index contributed by atoms with van der Waals surface area (Å²) in [5, 5.41) is 8.89. The minimum absolute atomic E-state index is 0.327. The molecule has 1 N–H and O–H groups in total. The van der Waals surface area contributed by atoms with Crippen LogP contribution in [0.5, 0.6) is 0 Å². The van der Waals surface area contributed by atoms with E-state index in [1.807, 2.05) is 0 Å². The molecule has 1 aromatic rings. The van der Waals surface area contributed by atoms with Crippen LogP contribution in [0.3, 0.4) is 0 Å². The molecule has 0 saturated carbocycles. The van der Waals surface area contributed by atoms with Crippen molar-refractivity contribution in [3.05, 3.63) is 29.6 Å². The number of aromatic carboxylic acids is 1. The number of aromatic nitrogens is 1. The molecule has 0 aliphatic carbocycles. The number of carboxylic acids is 1. The van der Waals surface area contributed by atoms with Gasteiger partial charge < -0.3 is 5.11 Å². The lowest BCUT2D eigenvalue weighted by molar-refractivity contribution is 0.0695. The molecule has 3 nitrogen and oxygen atoms in total. The van der Waals surface area contributed by atoms with Crippen LogP contribution >= 0.6 is 0 Å². The maximum absolute atomic E-state index is 10.8. The molecule has 14 heavy (non-hydrogen) atoms. The molecule has 0 fully saturated rings. The summed E-state index contributed by atoms with van der Waals surface area (Å²) < 4.78 is 0. The van der Waals surface area contributed by atoms with Gasteiger partial charge in [-0.25, -0.2) is 4.79 Å². The predicted octanol–water partition coefficient (Wildman–Crippen LogP) is 2.37. The number of pyridine rings is 1. The van der Waals surface area contributed by atoms with Gasteiger partial charge in [0.2, 0.25) is 0 Å². The van der Waals surface area contributed by atoms with E-state index in [4.69, 9.17) is 5.11 Å². The summed E-state index contributed by atoms with van der Waals surface area (Å²) >= 11 is 0. The summed E-state index contributed by atoms with van der Waals surface area (Å²) in [5.74, 6) is -0.304. The zero-order chi connectivity index (χ0) is 10.6. The van der Waals surface area contributed by atoms with Crippen molar-refractivity contribution in [3.63, 3.8) is 0 Å². The molecule has 0 radical (unpaired) electrons. The predicted molar refractivity (Wildman–Crippen MR) is 54.4 cm³/mol. The lowest BCUT2D eigenvalue weighted by atomic mass is 10.0. The third-order valence-corrected chi connectivity index (χ3v) is 2.13. The molecule has 0 saturated heterocycles. The number of carboxylic acid groups (broad SMARTS) is 1. The Balaban J connectivity index is 2.79. The quantitative estimate of drug-likeness (QED) is 0.798. The average Bonchev–Trinajstić information content (AvgIpc) is 2.15. The van der Waals surface area contributed by atoms with E-state index in [9.17, 15) is 4.79 Å². The lowest BCUT2D eigenvalue weighted by Gasteiger charge is -2.06. The van der Waals surface area contributed by atoms with Gasteiger partial charge in [0.05, 0.1) is 5.56 Å². The van der Waals surface area contributed by atoms with Gasteiger partial charge in [0.15, 0.2) is 0 Å². The molecule has 0 unspecified atom stereocenters. The molecule has 76 valence electrons. The van der Waals surface area contributed by atoms with Crippen molar-refractivity contribution >= 4 is 5.97 Å². The van der Waals surface area contributed by atoms with E-state index < -0.39 is 5.97 Å². The van der Waals surface area contributed by atoms with Gasteiger partial charge in [0.1, 0.15) is 0 Å². The number of carbonyl (C=O) groups is 1. The van der Waals surface area contributed by atoms with Crippen LogP contribution in [0.2, 0.25) is 0 Å². The fraction of sp³-hybridized carbons (Fsp3) is 0.455. The van der Waals surface area contributed by atoms with Crippen LogP contribution in [0.15, 0.2) is 18.5 Å². The van der Waals surface area contributed by atoms with Gasteiger partial charge in [0.25, 0.3) is 0 Å². The van der Waals surface area contributed by atoms with Gasteiger partial charge in [0, 0.05) is 12.4 Å². The van der Waals surface area contributed by atoms with Crippen molar-refractivity contribution in [1.82, 2.24) is 4.98 Å². The molecule has 0 bridgehead atoms. The van der Waals surface area contributed by atoms with Crippen molar-refractivity contribution in [2.75, 3.05) is 0 Å². The van der Waals surface area contributed by atoms with Crippen molar-refractivity contribution in [3.8, 4) is 0 Å². The number of nitrogens with zero attached hydrogens (tertiary/aromatic N) is 1. The smallest absolute Gasteiger partial charge is 0.337 e. The molecule has 0 aliphatic heterocycles. The van der Waals surface area contributed by atoms with E-state index in [1.54, 1.807) is 12.3 Å². The molecular formula is C11H15NO2. The second kappa shape index (κ2) is 4.74. The van der Waals surface area contributed by atoms with Crippen molar-refractivity contribution < 1.29 is 9.90 Å². The van der Waals surface area contributed by atoms with Crippen LogP contribution in [0.1, 0.15) is 36.2 Å². The van der Waals surface area contributed by atoms with Crippen LogP contribution in [-0.4, -0.2) is 16.1 Å². The normalized spacial score (nSPS) is 10.5. The molecule has 0 spiro atoms. The largest absolute Gasteiger partial charge is 0.478 e. The van der Waals surface area contributed by atoms with Crippen LogP contribution in [0, 0.1) is 5.92 Å². The summed E-state index contributed by atoms with van der Waals surface area (Å²) in [6.07, 6.45) is 4.87. The molecule has 0 amide bonds. The number of hydrogen-bond acceptors (Lipinski definition) is 2. The lowest BCUT2D eigenvalue weighted by Crippen LogP contribution is -2.04. The van der Waals surface area contributed by atoms with Crippen molar-refractivity contribution in [1.29, 1.82) is 0 Å². The van der Waals surface area contributed by atoms with E-state index in [-0.39, 0.29) is 0 Å². The van der Waals surface area contributed by atoms with Gasteiger partial charge in [-0.15, -0.1) is 0 Å². The van der Waals surface area contributed by atoms with Crippen LogP contribution < -0.4 is 0 Å². The molecule has 1 aromatic heterocycles. The van der Waals surface area contributed by atoms with Crippen LogP contribution in [-0.2, 0) is 6.42 Å². The highest BCUT2D eigenvalue weighted by Crippen LogP contribution is 2.12. The number of rotatable bonds is 4. The number of hydrogen-bond donors (Lipinski definition) is 1. The minimum Gasteiger partial charge on any atom is -0.478 e. The van der Waals surface area contributed by atoms with Gasteiger partial charge in [-0.05, 0) is 30.4 Å². The molecule has 0 atom stereocenters. The molecule has 3 heteroatoms. The molecule has 0 aromatic carbocycles. The van der Waals surface area contributed by atoms with Gasteiger partial charge in [-0.2, -0.15) is 0 Å². The zero-order valence-corrected chi connectivity index (χ0v) is 8.53. The Bertz CT molecular complexity index is 321. The van der Waals surface area contributed by atoms with Crippen molar-refractivity contribution in [2.45, 2.75) is 26.7 Å². The standard InChI is InChI=1S/C11H15NO2/c1-8(2)3-4-9-5-6-12-7-10(9)11(13)14/h5-8H,3-4H2,1-2H3,(H,13,14). The first-order valence-electron chi connectivity index (χ1n) is 4.77. The first-order chi connectivity index (χ1) is 6.61. The van der Waals surface area contributed by atoms with E-state index in [0.29, 0.717) is 11.5 Å². The zero-order valence-electron chi connectivity index (χ0n) is 8.53. The minimum atomic E-state index is -0.892. The monoisotopic (exact) mass is 193 g/mol. The maximum Gasteiger partial charge on any atom is 0.337 e. The SMILES string of the molecule is CC(C)CCc1ccncc1C(=O)O. The van der Waals surface area contributed by atoms with E-state index in [2.05, 4.69) is 18.8 Å². The summed E-state index contributed by atoms with van der Waals surface area (Å²) in [6, 6.07) is 1.78. The Hall–Kier alpha value is -1.38. The third-order valence-electron chi connectivity index (χ3n) is 2.13. The molecule has 1 rings (SSSR count). The highest BCUT2D eigenvalue weighted by atomic mass is 16.4. The average molecular weight is 193 g/mol. The Morgan fingerprint density at radius 1 is 1.57 bits per heavy atom. The second-order valence-corrected chi connectivity index (χ2v) is 3.77. The Kier molecular flexibility index (Phi) is 3.63. The Morgan fingerprint density at radius 2 is 2.29 bits per heavy atom. The third kappa shape index (κ3) is 2.83. The maximum atomic E-state index is 10.8. The number of aryl methyl sites for hydroxylation is 1. The Morgan fingerprint density at radius 3 is 2.86 bits per heavy atom. The Labute approximate surface area is 83.8 Å². The van der Waals surface area contributed by atoms with E-state index in [0.717, 1.165) is 18.4 Å². The second-order valence-electron chi connectivity index (χ2n) is 3.77. The summed E-state index contributed by atoms with van der Waals surface area (Å²) in [6.45, 7) is 4.25. The van der Waals surface area contributed by atoms with E-state index in [1.165, 1.54) is 6.20 Å². The topological polar surface area (TPSA) is 50.2 Å².